The van der Waals surface area contributed by atoms with Gasteiger partial charge < -0.3 is 14.8 Å². The van der Waals surface area contributed by atoms with Crippen LogP contribution in [0.5, 0.6) is 5.75 Å². The van der Waals surface area contributed by atoms with E-state index in [2.05, 4.69) is 21.9 Å². The Morgan fingerprint density at radius 2 is 1.92 bits per heavy atom. The number of halogens is 3. The summed E-state index contributed by atoms with van der Waals surface area (Å²) < 4.78 is 51.4. The zero-order valence-corrected chi connectivity index (χ0v) is 14.6. The molecule has 1 aliphatic carbocycles. The first-order chi connectivity index (χ1) is 12.3. The number of ether oxygens (including phenoxy) is 2. The minimum atomic E-state index is -5.01. The van der Waals surface area contributed by atoms with Crippen molar-refractivity contribution in [2.24, 2.45) is 0 Å². The van der Waals surface area contributed by atoms with E-state index >= 15 is 0 Å². The molecule has 0 amide bonds. The topological polar surface area (TPSA) is 47.6 Å². The van der Waals surface area contributed by atoms with Crippen LogP contribution in [0.2, 0.25) is 0 Å². The van der Waals surface area contributed by atoms with Gasteiger partial charge in [-0.3, -0.25) is 0 Å². The third kappa shape index (κ3) is 4.13. The summed E-state index contributed by atoms with van der Waals surface area (Å²) in [5, 5.41) is 2.22. The summed E-state index contributed by atoms with van der Waals surface area (Å²) in [6, 6.07) is 6.00. The van der Waals surface area contributed by atoms with E-state index in [-0.39, 0.29) is 11.4 Å². The number of anilines is 1. The highest BCUT2D eigenvalue weighted by molar-refractivity contribution is 5.91. The van der Waals surface area contributed by atoms with Gasteiger partial charge in [0.25, 0.3) is 5.54 Å². The molecule has 0 saturated heterocycles. The standard InChI is InChI=1S/C19H20F3NO3/c1-25-16-11-7-6-10-15(16)23-18(17(24)26-2,19(20,21)22)13-12-14-8-4-3-5-9-14/h6-8,10-11,23H,3-5,9H2,1-2H3/t18-/m1/s1. The predicted octanol–water partition coefficient (Wildman–Crippen LogP) is 4.09. The maximum atomic E-state index is 14.0. The molecule has 0 bridgehead atoms. The summed E-state index contributed by atoms with van der Waals surface area (Å²) in [4.78, 5) is 12.2. The number of carbonyl (C=O) groups excluding carboxylic acids is 1. The molecule has 0 aromatic heterocycles. The van der Waals surface area contributed by atoms with E-state index in [4.69, 9.17) is 4.74 Å². The Morgan fingerprint density at radius 1 is 1.19 bits per heavy atom. The van der Waals surface area contributed by atoms with Crippen LogP contribution in [0.25, 0.3) is 0 Å². The van der Waals surface area contributed by atoms with Gasteiger partial charge in [-0.1, -0.05) is 24.1 Å². The van der Waals surface area contributed by atoms with Gasteiger partial charge in [-0.15, -0.1) is 0 Å². The zero-order chi connectivity index (χ0) is 19.2. The highest BCUT2D eigenvalue weighted by Crippen LogP contribution is 2.37. The SMILES string of the molecule is COC(=O)[C@@](C#CC1=CCCCC1)(Nc1ccccc1OC)C(F)(F)F. The van der Waals surface area contributed by atoms with Crippen molar-refractivity contribution in [3.63, 3.8) is 0 Å². The van der Waals surface area contributed by atoms with Crippen molar-refractivity contribution in [1.29, 1.82) is 0 Å². The number of benzene rings is 1. The first-order valence-electron chi connectivity index (χ1n) is 8.12. The first kappa shape index (κ1) is 19.7. The van der Waals surface area contributed by atoms with Gasteiger partial charge in [0, 0.05) is 0 Å². The lowest BCUT2D eigenvalue weighted by Crippen LogP contribution is -2.57. The minimum absolute atomic E-state index is 0.00958. The number of hydrogen-bond donors (Lipinski definition) is 1. The number of rotatable bonds is 4. The molecule has 1 atom stereocenters. The van der Waals surface area contributed by atoms with Crippen LogP contribution in [0, 0.1) is 11.8 Å². The van der Waals surface area contributed by atoms with Gasteiger partial charge in [0.15, 0.2) is 0 Å². The Labute approximate surface area is 150 Å². The lowest BCUT2D eigenvalue weighted by atomic mass is 9.95. The molecule has 1 aromatic rings. The second kappa shape index (κ2) is 8.17. The molecule has 0 aliphatic heterocycles. The Bertz CT molecular complexity index is 746. The van der Waals surface area contributed by atoms with Gasteiger partial charge in [-0.05, 0) is 49.3 Å². The maximum Gasteiger partial charge on any atom is 0.434 e. The quantitative estimate of drug-likeness (QED) is 0.643. The molecular weight excluding hydrogens is 347 g/mol. The third-order valence-corrected chi connectivity index (χ3v) is 4.05. The first-order valence-corrected chi connectivity index (χ1v) is 8.12. The number of hydrogen-bond acceptors (Lipinski definition) is 4. The number of methoxy groups -OCH3 is 2. The Kier molecular flexibility index (Phi) is 6.19. The van der Waals surface area contributed by atoms with E-state index in [0.29, 0.717) is 12.0 Å². The molecule has 2 rings (SSSR count). The van der Waals surface area contributed by atoms with Crippen molar-refractivity contribution in [3.8, 4) is 17.6 Å². The van der Waals surface area contributed by atoms with Gasteiger partial charge >= 0.3 is 12.1 Å². The van der Waals surface area contributed by atoms with Crippen LogP contribution in [0.1, 0.15) is 25.7 Å². The maximum absolute atomic E-state index is 14.0. The molecule has 1 aliphatic rings. The highest BCUT2D eigenvalue weighted by Gasteiger charge is 2.61. The second-order valence-corrected chi connectivity index (χ2v) is 5.79. The van der Waals surface area contributed by atoms with Crippen molar-refractivity contribution in [1.82, 2.24) is 0 Å². The molecule has 0 heterocycles. The fourth-order valence-electron chi connectivity index (χ4n) is 2.62. The van der Waals surface area contributed by atoms with E-state index in [9.17, 15) is 18.0 Å². The van der Waals surface area contributed by atoms with Crippen LogP contribution >= 0.6 is 0 Å². The normalized spacial score (nSPS) is 16.4. The fraction of sp³-hybridized carbons (Fsp3) is 0.421. The zero-order valence-electron chi connectivity index (χ0n) is 14.6. The number of para-hydroxylation sites is 2. The number of esters is 1. The van der Waals surface area contributed by atoms with Crippen LogP contribution in [0.3, 0.4) is 0 Å². The number of nitrogens with one attached hydrogen (secondary N) is 1. The molecule has 0 unspecified atom stereocenters. The van der Waals surface area contributed by atoms with Crippen molar-refractivity contribution in [2.75, 3.05) is 19.5 Å². The molecule has 7 heteroatoms. The molecule has 0 spiro atoms. The molecule has 140 valence electrons. The molecule has 26 heavy (non-hydrogen) atoms. The summed E-state index contributed by atoms with van der Waals surface area (Å²) in [5.74, 6) is 3.27. The Morgan fingerprint density at radius 3 is 2.50 bits per heavy atom. The van der Waals surface area contributed by atoms with E-state index in [1.807, 2.05) is 0 Å². The van der Waals surface area contributed by atoms with Gasteiger partial charge in [0.1, 0.15) is 5.75 Å². The Balaban J connectivity index is 2.54. The van der Waals surface area contributed by atoms with Crippen LogP contribution < -0.4 is 10.1 Å². The minimum Gasteiger partial charge on any atom is -0.495 e. The lowest BCUT2D eigenvalue weighted by Gasteiger charge is -2.30. The molecule has 4 nitrogen and oxygen atoms in total. The summed E-state index contributed by atoms with van der Waals surface area (Å²) in [6.45, 7) is 0. The predicted molar refractivity (Wildman–Crippen MR) is 91.7 cm³/mol. The summed E-state index contributed by atoms with van der Waals surface area (Å²) >= 11 is 0. The molecular formula is C19H20F3NO3. The molecule has 0 fully saturated rings. The Hall–Kier alpha value is -2.62. The van der Waals surface area contributed by atoms with Crippen LogP contribution in [-0.2, 0) is 9.53 Å². The average Bonchev–Trinajstić information content (AvgIpc) is 2.64. The van der Waals surface area contributed by atoms with Crippen LogP contribution in [-0.4, -0.2) is 31.9 Å². The number of allylic oxidation sites excluding steroid dienone is 2. The molecule has 0 radical (unpaired) electrons. The fourth-order valence-corrected chi connectivity index (χ4v) is 2.62. The summed E-state index contributed by atoms with van der Waals surface area (Å²) in [6.07, 6.45) is -0.0110. The smallest absolute Gasteiger partial charge is 0.434 e. The lowest BCUT2D eigenvalue weighted by molar-refractivity contribution is -0.187. The van der Waals surface area contributed by atoms with Gasteiger partial charge in [-0.2, -0.15) is 13.2 Å². The van der Waals surface area contributed by atoms with Crippen molar-refractivity contribution in [2.45, 2.75) is 37.4 Å². The molecule has 1 aromatic carbocycles. The van der Waals surface area contributed by atoms with E-state index in [1.165, 1.54) is 25.3 Å². The highest BCUT2D eigenvalue weighted by atomic mass is 19.4. The summed E-state index contributed by atoms with van der Waals surface area (Å²) in [7, 11) is 2.22. The molecule has 1 N–H and O–H groups in total. The number of carbonyl (C=O) groups is 1. The van der Waals surface area contributed by atoms with Crippen molar-refractivity contribution in [3.05, 3.63) is 35.9 Å². The third-order valence-electron chi connectivity index (χ3n) is 4.05. The van der Waals surface area contributed by atoms with E-state index in [1.54, 1.807) is 12.1 Å². The average molecular weight is 367 g/mol. The monoisotopic (exact) mass is 367 g/mol. The second-order valence-electron chi connectivity index (χ2n) is 5.79. The van der Waals surface area contributed by atoms with Crippen LogP contribution in [0.15, 0.2) is 35.9 Å². The van der Waals surface area contributed by atoms with E-state index in [0.717, 1.165) is 26.4 Å². The van der Waals surface area contributed by atoms with Gasteiger partial charge in [-0.25, -0.2) is 4.79 Å². The van der Waals surface area contributed by atoms with Crippen LogP contribution in [0.4, 0.5) is 18.9 Å². The van der Waals surface area contributed by atoms with E-state index < -0.39 is 17.7 Å². The largest absolute Gasteiger partial charge is 0.495 e. The van der Waals surface area contributed by atoms with Gasteiger partial charge in [0.2, 0.25) is 0 Å². The van der Waals surface area contributed by atoms with Crippen molar-refractivity contribution >= 4 is 11.7 Å². The summed E-state index contributed by atoms with van der Waals surface area (Å²) in [5.41, 5.74) is -2.62. The van der Waals surface area contributed by atoms with Gasteiger partial charge in [0.05, 0.1) is 19.9 Å². The molecule has 0 saturated carbocycles. The van der Waals surface area contributed by atoms with Crippen molar-refractivity contribution < 1.29 is 27.4 Å². The number of alkyl halides is 3.